The molecule has 1 amide bonds. The van der Waals surface area contributed by atoms with Gasteiger partial charge in [0.1, 0.15) is 5.56 Å². The van der Waals surface area contributed by atoms with Gasteiger partial charge in [-0.15, -0.1) is 0 Å². The van der Waals surface area contributed by atoms with Crippen molar-refractivity contribution in [1.82, 2.24) is 4.57 Å². The fourth-order valence-corrected chi connectivity index (χ4v) is 2.70. The number of benzene rings is 2. The highest BCUT2D eigenvalue weighted by atomic mass is 16.3. The third kappa shape index (κ3) is 2.94. The number of aryl methyl sites for hydroxylation is 1. The van der Waals surface area contributed by atoms with Crippen LogP contribution in [0.3, 0.4) is 0 Å². The molecular weight excluding hydrogens is 304 g/mol. The van der Waals surface area contributed by atoms with Crippen molar-refractivity contribution < 1.29 is 9.90 Å². The zero-order chi connectivity index (χ0) is 17.1. The van der Waals surface area contributed by atoms with Gasteiger partial charge in [-0.2, -0.15) is 0 Å². The number of carbonyl (C=O) groups excluding carboxylic acids is 1. The number of anilines is 1. The Labute approximate surface area is 139 Å². The number of pyridine rings is 1. The number of fused-ring (bicyclic) bond motifs is 1. The van der Waals surface area contributed by atoms with Crippen molar-refractivity contribution in [2.24, 2.45) is 0 Å². The third-order valence-corrected chi connectivity index (χ3v) is 3.96. The molecule has 0 radical (unpaired) electrons. The van der Waals surface area contributed by atoms with Crippen LogP contribution in [0.25, 0.3) is 10.9 Å². The Balaban J connectivity index is 2.00. The number of aromatic nitrogens is 1. The largest absolute Gasteiger partial charge is 0.392 e. The number of amides is 1. The van der Waals surface area contributed by atoms with Crippen LogP contribution in [0.5, 0.6) is 0 Å². The lowest BCUT2D eigenvalue weighted by atomic mass is 10.1. The number of rotatable bonds is 4. The number of carbonyl (C=O) groups is 1. The van der Waals surface area contributed by atoms with E-state index < -0.39 is 5.91 Å². The maximum absolute atomic E-state index is 12.6. The molecule has 0 atom stereocenters. The summed E-state index contributed by atoms with van der Waals surface area (Å²) in [4.78, 5) is 25.1. The molecule has 0 fully saturated rings. The highest BCUT2D eigenvalue weighted by Gasteiger charge is 2.15. The van der Waals surface area contributed by atoms with Crippen molar-refractivity contribution in [2.45, 2.75) is 20.1 Å². The molecule has 5 nitrogen and oxygen atoms in total. The zero-order valence-electron chi connectivity index (χ0n) is 13.3. The van der Waals surface area contributed by atoms with Gasteiger partial charge in [0.2, 0.25) is 0 Å². The molecule has 0 bridgehead atoms. The summed E-state index contributed by atoms with van der Waals surface area (Å²) in [6.45, 7) is 2.31. The van der Waals surface area contributed by atoms with E-state index in [9.17, 15) is 9.59 Å². The second-order valence-electron chi connectivity index (χ2n) is 5.48. The molecule has 0 unspecified atom stereocenters. The molecule has 3 aromatic rings. The van der Waals surface area contributed by atoms with Gasteiger partial charge in [-0.05, 0) is 42.1 Å². The van der Waals surface area contributed by atoms with E-state index in [0.29, 0.717) is 12.2 Å². The molecule has 2 aromatic carbocycles. The Morgan fingerprint density at radius 1 is 1.12 bits per heavy atom. The molecule has 0 aliphatic heterocycles. The van der Waals surface area contributed by atoms with Crippen LogP contribution in [0.4, 0.5) is 5.69 Å². The van der Waals surface area contributed by atoms with Gasteiger partial charge in [0.05, 0.1) is 12.1 Å². The average molecular weight is 322 g/mol. The van der Waals surface area contributed by atoms with Crippen LogP contribution < -0.4 is 10.9 Å². The molecule has 2 N–H and O–H groups in total. The summed E-state index contributed by atoms with van der Waals surface area (Å²) in [7, 11) is 0. The zero-order valence-corrected chi connectivity index (χ0v) is 13.3. The first-order valence-corrected chi connectivity index (χ1v) is 7.77. The number of nitrogens with one attached hydrogen (secondary N) is 1. The molecule has 1 heterocycles. The Morgan fingerprint density at radius 2 is 1.83 bits per heavy atom. The van der Waals surface area contributed by atoms with Gasteiger partial charge >= 0.3 is 0 Å². The van der Waals surface area contributed by atoms with Gasteiger partial charge in [-0.25, -0.2) is 0 Å². The molecule has 1 aromatic heterocycles. The Kier molecular flexibility index (Phi) is 4.44. The number of hydrogen-bond donors (Lipinski definition) is 2. The third-order valence-electron chi connectivity index (χ3n) is 3.96. The van der Waals surface area contributed by atoms with Crippen LogP contribution in [-0.2, 0) is 13.2 Å². The van der Waals surface area contributed by atoms with E-state index in [-0.39, 0.29) is 17.7 Å². The molecule has 0 saturated carbocycles. The summed E-state index contributed by atoms with van der Waals surface area (Å²) < 4.78 is 1.60. The van der Waals surface area contributed by atoms with Gasteiger partial charge in [-0.3, -0.25) is 9.59 Å². The van der Waals surface area contributed by atoms with Crippen molar-refractivity contribution >= 4 is 22.5 Å². The standard InChI is InChI=1S/C19H18N2O3/c1-2-21-17-6-4-3-5-14(17)11-16(19(21)24)18(23)20-15-9-7-13(12-22)8-10-15/h3-11,22H,2,12H2,1H3,(H,20,23). The van der Waals surface area contributed by atoms with Crippen molar-refractivity contribution in [3.8, 4) is 0 Å². The average Bonchev–Trinajstić information content (AvgIpc) is 2.61. The predicted molar refractivity (Wildman–Crippen MR) is 94.2 cm³/mol. The fraction of sp³-hybridized carbons (Fsp3) is 0.158. The first kappa shape index (κ1) is 16.0. The van der Waals surface area contributed by atoms with Crippen molar-refractivity contribution in [2.75, 3.05) is 5.32 Å². The topological polar surface area (TPSA) is 71.3 Å². The fourth-order valence-electron chi connectivity index (χ4n) is 2.70. The Bertz CT molecular complexity index is 943. The van der Waals surface area contributed by atoms with E-state index in [1.54, 1.807) is 34.9 Å². The molecule has 5 heteroatoms. The molecule has 0 spiro atoms. The molecule has 24 heavy (non-hydrogen) atoms. The van der Waals surface area contributed by atoms with E-state index in [0.717, 1.165) is 16.5 Å². The SMILES string of the molecule is CCn1c(=O)c(C(=O)Nc2ccc(CO)cc2)cc2ccccc21. The van der Waals surface area contributed by atoms with Crippen LogP contribution in [0, 0.1) is 0 Å². The molecular formula is C19H18N2O3. The maximum Gasteiger partial charge on any atom is 0.263 e. The van der Waals surface area contributed by atoms with Gasteiger partial charge in [0.25, 0.3) is 11.5 Å². The van der Waals surface area contributed by atoms with E-state index in [4.69, 9.17) is 5.11 Å². The maximum atomic E-state index is 12.6. The van der Waals surface area contributed by atoms with Crippen molar-refractivity contribution in [3.63, 3.8) is 0 Å². The number of aliphatic hydroxyl groups excluding tert-OH is 1. The van der Waals surface area contributed by atoms with Gasteiger partial charge < -0.3 is 15.0 Å². The molecule has 0 saturated heterocycles. The number of aliphatic hydroxyl groups is 1. The van der Waals surface area contributed by atoms with Crippen LogP contribution in [0.2, 0.25) is 0 Å². The minimum absolute atomic E-state index is 0.0554. The number of para-hydroxylation sites is 1. The highest BCUT2D eigenvalue weighted by Crippen LogP contribution is 2.15. The molecule has 3 rings (SSSR count). The smallest absolute Gasteiger partial charge is 0.263 e. The number of nitrogens with zero attached hydrogens (tertiary/aromatic N) is 1. The normalized spacial score (nSPS) is 10.8. The predicted octanol–water partition coefficient (Wildman–Crippen LogP) is 2.77. The first-order chi connectivity index (χ1) is 11.6. The van der Waals surface area contributed by atoms with Crippen molar-refractivity contribution in [3.05, 3.63) is 76.1 Å². The van der Waals surface area contributed by atoms with Crippen LogP contribution in [0.15, 0.2) is 59.4 Å². The summed E-state index contributed by atoms with van der Waals surface area (Å²) in [5, 5.41) is 12.6. The van der Waals surface area contributed by atoms with E-state index in [1.165, 1.54) is 0 Å². The van der Waals surface area contributed by atoms with Gasteiger partial charge in [-0.1, -0.05) is 30.3 Å². The lowest BCUT2D eigenvalue weighted by molar-refractivity contribution is 0.102. The molecule has 122 valence electrons. The minimum Gasteiger partial charge on any atom is -0.392 e. The first-order valence-electron chi connectivity index (χ1n) is 7.77. The lowest BCUT2D eigenvalue weighted by Crippen LogP contribution is -2.29. The second kappa shape index (κ2) is 6.68. The minimum atomic E-state index is -0.440. The summed E-state index contributed by atoms with van der Waals surface area (Å²) >= 11 is 0. The van der Waals surface area contributed by atoms with Gasteiger partial charge in [0, 0.05) is 12.2 Å². The Hall–Kier alpha value is -2.92. The van der Waals surface area contributed by atoms with E-state index in [1.807, 2.05) is 31.2 Å². The van der Waals surface area contributed by atoms with Gasteiger partial charge in [0.15, 0.2) is 0 Å². The summed E-state index contributed by atoms with van der Waals surface area (Å²) in [5.74, 6) is -0.440. The van der Waals surface area contributed by atoms with E-state index >= 15 is 0 Å². The quantitative estimate of drug-likeness (QED) is 0.776. The van der Waals surface area contributed by atoms with Crippen LogP contribution in [0.1, 0.15) is 22.8 Å². The van der Waals surface area contributed by atoms with Crippen LogP contribution in [-0.4, -0.2) is 15.6 Å². The monoisotopic (exact) mass is 322 g/mol. The Morgan fingerprint density at radius 3 is 2.50 bits per heavy atom. The highest BCUT2D eigenvalue weighted by molar-refractivity contribution is 6.05. The lowest BCUT2D eigenvalue weighted by Gasteiger charge is -2.11. The molecule has 0 aliphatic rings. The summed E-state index contributed by atoms with van der Waals surface area (Å²) in [5.41, 5.74) is 1.95. The van der Waals surface area contributed by atoms with E-state index in [2.05, 4.69) is 5.32 Å². The van der Waals surface area contributed by atoms with Crippen molar-refractivity contribution in [1.29, 1.82) is 0 Å². The number of hydrogen-bond acceptors (Lipinski definition) is 3. The second-order valence-corrected chi connectivity index (χ2v) is 5.48. The summed E-state index contributed by atoms with van der Waals surface area (Å²) in [6, 6.07) is 16.0. The van der Waals surface area contributed by atoms with Crippen LogP contribution >= 0.6 is 0 Å². The summed E-state index contributed by atoms with van der Waals surface area (Å²) in [6.07, 6.45) is 0. The molecule has 0 aliphatic carbocycles.